The van der Waals surface area contributed by atoms with E-state index in [-0.39, 0.29) is 5.91 Å². The molecule has 1 N–H and O–H groups in total. The van der Waals surface area contributed by atoms with Crippen molar-refractivity contribution in [1.82, 2.24) is 14.9 Å². The van der Waals surface area contributed by atoms with Gasteiger partial charge in [-0.25, -0.2) is 0 Å². The van der Waals surface area contributed by atoms with Gasteiger partial charge in [0, 0.05) is 46.2 Å². The molecule has 8 heteroatoms. The Morgan fingerprint density at radius 3 is 2.43 bits per heavy atom. The summed E-state index contributed by atoms with van der Waals surface area (Å²) >= 11 is 1.72. The molecule has 35 heavy (non-hydrogen) atoms. The number of nitrogens with one attached hydrogen (secondary N) is 1. The Kier molecular flexibility index (Phi) is 7.50. The number of hydrogen-bond acceptors (Lipinski definition) is 3. The van der Waals surface area contributed by atoms with E-state index in [1.807, 2.05) is 43.5 Å². The highest BCUT2D eigenvalue weighted by molar-refractivity contribution is 7.99. The average Bonchev–Trinajstić information content (AvgIpc) is 3.19. The lowest BCUT2D eigenvalue weighted by Crippen LogP contribution is -2.23. The third-order valence-corrected chi connectivity index (χ3v) is 6.63. The van der Waals surface area contributed by atoms with E-state index in [0.717, 1.165) is 50.6 Å². The number of hydrogen-bond donors (Lipinski definition) is 1. The smallest absolute Gasteiger partial charge is 0.346 e. The minimum atomic E-state index is -4.35. The maximum absolute atomic E-state index is 12.9. The number of nitrogens with zero attached hydrogens (tertiary/aromatic N) is 2. The number of amides is 1. The van der Waals surface area contributed by atoms with Crippen LogP contribution in [0.4, 0.5) is 13.2 Å². The van der Waals surface area contributed by atoms with Crippen molar-refractivity contribution in [1.29, 1.82) is 0 Å². The first-order valence-corrected chi connectivity index (χ1v) is 12.4. The molecule has 0 aliphatic carbocycles. The number of fused-ring (bicyclic) bond motifs is 1. The zero-order valence-corrected chi connectivity index (χ0v) is 20.3. The molecular weight excluding hydrogens is 471 g/mol. The van der Waals surface area contributed by atoms with Crippen molar-refractivity contribution < 1.29 is 18.0 Å². The Morgan fingerprint density at radius 2 is 1.80 bits per heavy atom. The molecule has 2 aromatic heterocycles. The summed E-state index contributed by atoms with van der Waals surface area (Å²) in [7, 11) is 0. The van der Waals surface area contributed by atoms with Crippen LogP contribution in [0.5, 0.6) is 0 Å². The van der Waals surface area contributed by atoms with Gasteiger partial charge in [-0.2, -0.15) is 13.2 Å². The standard InChI is InChI=1S/C27H26F3N3OS/c1-3-33-23(13-18-5-8-21(9-6-18)27(28,29)30)15-20-14-19(7-12-25(20)33)26(34)32-16-22-10-11-24(17-31-22)35-4-2/h5-12,14-15,17H,3-4,13,16H2,1-2H3,(H,32,34). The topological polar surface area (TPSA) is 46.9 Å². The Hall–Kier alpha value is -3.26. The molecule has 2 heterocycles. The van der Waals surface area contributed by atoms with Crippen molar-refractivity contribution >= 4 is 28.6 Å². The molecule has 4 aromatic rings. The average molecular weight is 498 g/mol. The molecule has 0 bridgehead atoms. The fourth-order valence-electron chi connectivity index (χ4n) is 4.05. The van der Waals surface area contributed by atoms with Crippen LogP contribution < -0.4 is 5.32 Å². The third kappa shape index (κ3) is 5.88. The molecule has 0 aliphatic rings. The summed E-state index contributed by atoms with van der Waals surface area (Å²) in [4.78, 5) is 18.2. The maximum atomic E-state index is 12.9. The van der Waals surface area contributed by atoms with Gasteiger partial charge < -0.3 is 9.88 Å². The van der Waals surface area contributed by atoms with E-state index in [2.05, 4.69) is 21.8 Å². The van der Waals surface area contributed by atoms with Gasteiger partial charge in [0.25, 0.3) is 5.91 Å². The summed E-state index contributed by atoms with van der Waals surface area (Å²) < 4.78 is 40.7. The van der Waals surface area contributed by atoms with Crippen molar-refractivity contribution in [2.24, 2.45) is 0 Å². The molecule has 1 amide bonds. The van der Waals surface area contributed by atoms with Crippen LogP contribution in [0.15, 0.2) is 71.8 Å². The van der Waals surface area contributed by atoms with Crippen molar-refractivity contribution in [3.05, 3.63) is 94.9 Å². The van der Waals surface area contributed by atoms with E-state index in [4.69, 9.17) is 0 Å². The number of rotatable bonds is 8. The van der Waals surface area contributed by atoms with Gasteiger partial charge in [-0.05, 0) is 66.8 Å². The zero-order valence-electron chi connectivity index (χ0n) is 19.5. The molecule has 182 valence electrons. The summed E-state index contributed by atoms with van der Waals surface area (Å²) in [6.45, 7) is 5.15. The van der Waals surface area contributed by atoms with E-state index in [1.54, 1.807) is 17.8 Å². The summed E-state index contributed by atoms with van der Waals surface area (Å²) in [5, 5.41) is 3.83. The first-order valence-electron chi connectivity index (χ1n) is 11.4. The summed E-state index contributed by atoms with van der Waals surface area (Å²) in [6, 6.07) is 16.7. The van der Waals surface area contributed by atoms with Gasteiger partial charge in [-0.15, -0.1) is 11.8 Å². The van der Waals surface area contributed by atoms with E-state index in [0.29, 0.717) is 25.1 Å². The van der Waals surface area contributed by atoms with E-state index >= 15 is 0 Å². The minimum absolute atomic E-state index is 0.186. The molecule has 0 atom stereocenters. The zero-order chi connectivity index (χ0) is 25.0. The van der Waals surface area contributed by atoms with Crippen molar-refractivity contribution in [3.8, 4) is 0 Å². The second kappa shape index (κ2) is 10.6. The molecular formula is C27H26F3N3OS. The van der Waals surface area contributed by atoms with Gasteiger partial charge in [0.15, 0.2) is 0 Å². The first kappa shape index (κ1) is 24.9. The molecule has 0 aliphatic heterocycles. The van der Waals surface area contributed by atoms with Crippen LogP contribution in [0, 0.1) is 0 Å². The highest BCUT2D eigenvalue weighted by atomic mass is 32.2. The molecule has 4 nitrogen and oxygen atoms in total. The van der Waals surface area contributed by atoms with Gasteiger partial charge in [-0.1, -0.05) is 19.1 Å². The third-order valence-electron chi connectivity index (χ3n) is 5.77. The minimum Gasteiger partial charge on any atom is -0.346 e. The number of pyridine rings is 1. The predicted octanol–water partition coefficient (Wildman–Crippen LogP) is 6.71. The van der Waals surface area contributed by atoms with Gasteiger partial charge in [0.05, 0.1) is 17.8 Å². The Bertz CT molecular complexity index is 1310. The molecule has 0 spiro atoms. The van der Waals surface area contributed by atoms with Crippen molar-refractivity contribution in [3.63, 3.8) is 0 Å². The van der Waals surface area contributed by atoms with Crippen LogP contribution in [0.25, 0.3) is 10.9 Å². The monoisotopic (exact) mass is 497 g/mol. The largest absolute Gasteiger partial charge is 0.416 e. The molecule has 0 saturated carbocycles. The van der Waals surface area contributed by atoms with Crippen LogP contribution in [0.1, 0.15) is 46.7 Å². The molecule has 0 unspecified atom stereocenters. The second-order valence-electron chi connectivity index (χ2n) is 8.13. The van der Waals surface area contributed by atoms with E-state index in [9.17, 15) is 18.0 Å². The number of thioether (sulfide) groups is 1. The highest BCUT2D eigenvalue weighted by Crippen LogP contribution is 2.30. The van der Waals surface area contributed by atoms with E-state index in [1.165, 1.54) is 12.1 Å². The predicted molar refractivity (Wildman–Crippen MR) is 134 cm³/mol. The summed E-state index contributed by atoms with van der Waals surface area (Å²) in [5.41, 5.74) is 3.44. The van der Waals surface area contributed by atoms with Gasteiger partial charge in [0.1, 0.15) is 0 Å². The number of aromatic nitrogens is 2. The van der Waals surface area contributed by atoms with Crippen LogP contribution in [-0.2, 0) is 25.7 Å². The lowest BCUT2D eigenvalue weighted by Gasteiger charge is -2.10. The quantitative estimate of drug-likeness (QED) is 0.275. The Morgan fingerprint density at radius 1 is 1.03 bits per heavy atom. The highest BCUT2D eigenvalue weighted by Gasteiger charge is 2.29. The van der Waals surface area contributed by atoms with Crippen molar-refractivity contribution in [2.75, 3.05) is 5.75 Å². The SMILES string of the molecule is CCSc1ccc(CNC(=O)c2ccc3c(c2)cc(Cc2ccc(C(F)(F)F)cc2)n3CC)nc1. The van der Waals surface area contributed by atoms with Crippen LogP contribution in [0.2, 0.25) is 0 Å². The molecule has 2 aromatic carbocycles. The number of benzene rings is 2. The normalized spacial score (nSPS) is 11.7. The van der Waals surface area contributed by atoms with Crippen LogP contribution in [-0.4, -0.2) is 21.2 Å². The number of carbonyl (C=O) groups excluding carboxylic acids is 1. The number of carbonyl (C=O) groups is 1. The molecule has 4 rings (SSSR count). The number of halogens is 3. The lowest BCUT2D eigenvalue weighted by atomic mass is 10.1. The number of alkyl halides is 3. The van der Waals surface area contributed by atoms with Crippen LogP contribution >= 0.6 is 11.8 Å². The molecule has 0 saturated heterocycles. The second-order valence-corrected chi connectivity index (χ2v) is 9.46. The molecule has 0 radical (unpaired) electrons. The van der Waals surface area contributed by atoms with Gasteiger partial charge in [-0.3, -0.25) is 9.78 Å². The Labute approximate surface area is 206 Å². The number of aryl methyl sites for hydroxylation is 1. The van der Waals surface area contributed by atoms with Crippen LogP contribution in [0.3, 0.4) is 0 Å². The first-order chi connectivity index (χ1) is 16.8. The van der Waals surface area contributed by atoms with Crippen molar-refractivity contribution in [2.45, 2.75) is 44.4 Å². The van der Waals surface area contributed by atoms with Gasteiger partial charge >= 0.3 is 6.18 Å². The fraction of sp³-hybridized carbons (Fsp3) is 0.259. The van der Waals surface area contributed by atoms with E-state index < -0.39 is 11.7 Å². The maximum Gasteiger partial charge on any atom is 0.416 e. The Balaban J connectivity index is 1.49. The van der Waals surface area contributed by atoms with Gasteiger partial charge in [0.2, 0.25) is 0 Å². The fourth-order valence-corrected chi connectivity index (χ4v) is 4.68. The summed E-state index contributed by atoms with van der Waals surface area (Å²) in [6.07, 6.45) is -2.03. The molecule has 0 fully saturated rings. The lowest BCUT2D eigenvalue weighted by molar-refractivity contribution is -0.137. The summed E-state index contributed by atoms with van der Waals surface area (Å²) in [5.74, 6) is 0.792.